The van der Waals surface area contributed by atoms with E-state index in [2.05, 4.69) is 49.1 Å². The number of benzene rings is 2. The minimum atomic E-state index is -0.988. The number of carbonyl (C=O) groups is 3. The Kier molecular flexibility index (Phi) is 26.0. The van der Waals surface area contributed by atoms with Crippen molar-refractivity contribution >= 4 is 35.4 Å². The van der Waals surface area contributed by atoms with Gasteiger partial charge >= 0.3 is 11.9 Å². The van der Waals surface area contributed by atoms with Gasteiger partial charge in [-0.2, -0.15) is 9.94 Å². The summed E-state index contributed by atoms with van der Waals surface area (Å²) in [6.45, 7) is 17.4. The maximum absolute atomic E-state index is 13.6. The third-order valence-corrected chi connectivity index (χ3v) is 13.2. The van der Waals surface area contributed by atoms with Crippen molar-refractivity contribution < 1.29 is 23.9 Å². The third kappa shape index (κ3) is 18.6. The molecule has 3 atom stereocenters. The Hall–Kier alpha value is -5.72. The summed E-state index contributed by atoms with van der Waals surface area (Å²) in [7, 11) is 0. The van der Waals surface area contributed by atoms with Crippen molar-refractivity contribution in [1.29, 1.82) is 5.26 Å². The molecule has 0 radical (unpaired) electrons. The Morgan fingerprint density at radius 3 is 1.52 bits per heavy atom. The van der Waals surface area contributed by atoms with Crippen LogP contribution in [0.4, 0.5) is 11.5 Å². The second-order valence-corrected chi connectivity index (χ2v) is 18.8. The number of allylic oxidation sites excluding steroid dienone is 2. The van der Waals surface area contributed by atoms with Crippen LogP contribution >= 0.6 is 0 Å². The molecule has 2 N–H and O–H groups in total. The molecular weight excluding hydrogens is 865 g/mol. The second kappa shape index (κ2) is 32.2. The second-order valence-electron chi connectivity index (χ2n) is 18.8. The molecule has 12 nitrogen and oxygen atoms in total. The molecule has 1 aliphatic rings. The Balaban J connectivity index is 1.36. The molecule has 0 bridgehead atoms. The summed E-state index contributed by atoms with van der Waals surface area (Å²) in [5, 5.41) is 14.1. The van der Waals surface area contributed by atoms with Crippen LogP contribution in [-0.2, 0) is 14.3 Å². The number of amides is 1. The molecule has 0 saturated carbocycles. The molecule has 2 aromatic carbocycles. The number of aromatic nitrogens is 2. The van der Waals surface area contributed by atoms with Gasteiger partial charge in [0.05, 0.1) is 52.9 Å². The van der Waals surface area contributed by atoms with Crippen molar-refractivity contribution in [3.63, 3.8) is 0 Å². The van der Waals surface area contributed by atoms with E-state index in [9.17, 15) is 24.4 Å². The first kappa shape index (κ1) is 55.9. The monoisotopic (exact) mass is 945 g/mol. The molecule has 1 aliphatic heterocycles. The molecule has 4 rings (SSSR count). The average Bonchev–Trinajstić information content (AvgIpc) is 3.87. The van der Waals surface area contributed by atoms with E-state index in [4.69, 9.17) is 16.0 Å². The van der Waals surface area contributed by atoms with Crippen LogP contribution in [0.25, 0.3) is 16.6 Å². The fourth-order valence-corrected chi connectivity index (χ4v) is 8.89. The fraction of sp³-hybridized carbons (Fsp3) is 0.579. The Labute approximate surface area is 412 Å². The van der Waals surface area contributed by atoms with Gasteiger partial charge in [-0.3, -0.25) is 9.59 Å². The summed E-state index contributed by atoms with van der Waals surface area (Å²) < 4.78 is 12.9. The number of nitrogens with zero attached hydrogens (tertiary/aromatic N) is 4. The van der Waals surface area contributed by atoms with Crippen molar-refractivity contribution in [1.82, 2.24) is 15.2 Å². The normalized spacial score (nSPS) is 15.1. The van der Waals surface area contributed by atoms with Gasteiger partial charge in [0, 0.05) is 0 Å². The number of nitrogens with one attached hydrogen (secondary N) is 2. The number of rotatable bonds is 34. The summed E-state index contributed by atoms with van der Waals surface area (Å²) in [5.74, 6) is -0.638. The number of hydrogen-bond donors (Lipinski definition) is 2. The molecule has 1 saturated heterocycles. The zero-order valence-electron chi connectivity index (χ0n) is 42.2. The van der Waals surface area contributed by atoms with Crippen LogP contribution in [-0.4, -0.2) is 46.9 Å². The Morgan fingerprint density at radius 2 is 1.09 bits per heavy atom. The van der Waals surface area contributed by atoms with Crippen molar-refractivity contribution in [2.24, 2.45) is 11.8 Å². The minimum absolute atomic E-state index is 0.0123. The average molecular weight is 945 g/mol. The SMILES string of the molecule is [C-]#[N+]c1[nH]n(-c2ccc(C(=O)OCC(CCCCCC)CCCCCCCC)cc2)c(=O)c1C=CC=C1C(=O)N(c2ccc(C(=O)OCC(CCCCCC)CCCCCCCC)cc2)NC1C#N. The van der Waals surface area contributed by atoms with E-state index in [1.807, 2.05) is 0 Å². The maximum atomic E-state index is 13.6. The van der Waals surface area contributed by atoms with Crippen molar-refractivity contribution in [3.05, 3.63) is 105 Å². The van der Waals surface area contributed by atoms with Crippen LogP contribution in [0.2, 0.25) is 0 Å². The Morgan fingerprint density at radius 1 is 0.667 bits per heavy atom. The number of aromatic amines is 1. The zero-order valence-corrected chi connectivity index (χ0v) is 42.2. The number of nitriles is 1. The lowest BCUT2D eigenvalue weighted by Gasteiger charge is -2.18. The summed E-state index contributed by atoms with van der Waals surface area (Å²) >= 11 is 0. The number of hydrazine groups is 1. The molecule has 1 amide bonds. The number of carbonyl (C=O) groups excluding carboxylic acids is 3. The van der Waals surface area contributed by atoms with Crippen LogP contribution in [0.5, 0.6) is 0 Å². The third-order valence-electron chi connectivity index (χ3n) is 13.2. The largest absolute Gasteiger partial charge is 0.462 e. The summed E-state index contributed by atoms with van der Waals surface area (Å²) in [4.78, 5) is 57.1. The number of H-pyrrole nitrogens is 1. The van der Waals surface area contributed by atoms with Gasteiger partial charge in [0.15, 0.2) is 0 Å². The first-order chi connectivity index (χ1) is 33.7. The minimum Gasteiger partial charge on any atom is -0.462 e. The number of anilines is 1. The predicted octanol–water partition coefficient (Wildman–Crippen LogP) is 14.1. The molecule has 1 fully saturated rings. The predicted molar refractivity (Wildman–Crippen MR) is 277 cm³/mol. The van der Waals surface area contributed by atoms with E-state index < -0.39 is 29.4 Å². The Bertz CT molecular complexity index is 2210. The number of esters is 2. The van der Waals surface area contributed by atoms with Crippen molar-refractivity contribution in [2.75, 3.05) is 18.2 Å². The molecule has 1 aromatic heterocycles. The number of hydrogen-bond acceptors (Lipinski definition) is 8. The molecule has 0 spiro atoms. The van der Waals surface area contributed by atoms with Gasteiger partial charge in [0.1, 0.15) is 6.04 Å². The smallest absolute Gasteiger partial charge is 0.338 e. The molecule has 0 aliphatic carbocycles. The standard InChI is InChI=1S/C57H80N6O6/c1-6-10-14-18-20-24-29-44(27-22-16-12-8-3)42-68-56(66)46-33-37-48(38-34-46)62-54(64)50(52(41-58)60-62)31-26-32-51-53(59-5)61-63(55(51)65)49-39-35-47(36-40-49)57(67)69-43-45(28-23-17-13-9-4)30-25-21-19-15-11-7-2/h26,31-40,44-45,52,60-61H,6-25,27-30,42-43H2,1-4H3. The van der Waals surface area contributed by atoms with Gasteiger partial charge in [-0.05, 0) is 86.1 Å². The number of ether oxygens (including phenoxy) is 2. The van der Waals surface area contributed by atoms with Crippen LogP contribution in [0.1, 0.15) is 208 Å². The molecule has 2 heterocycles. The van der Waals surface area contributed by atoms with E-state index in [0.29, 0.717) is 47.6 Å². The van der Waals surface area contributed by atoms with E-state index in [1.165, 1.54) is 131 Å². The zero-order chi connectivity index (χ0) is 49.6. The molecule has 3 unspecified atom stereocenters. The maximum Gasteiger partial charge on any atom is 0.338 e. The van der Waals surface area contributed by atoms with E-state index >= 15 is 0 Å². The number of unbranched alkanes of at least 4 members (excludes halogenated alkanes) is 16. The van der Waals surface area contributed by atoms with Crippen LogP contribution in [0.3, 0.4) is 0 Å². The van der Waals surface area contributed by atoms with Gasteiger partial charge in [-0.25, -0.2) is 25.1 Å². The topological polar surface area (TPSA) is 151 Å². The van der Waals surface area contributed by atoms with Gasteiger partial charge in [-0.1, -0.05) is 181 Å². The van der Waals surface area contributed by atoms with E-state index in [1.54, 1.807) is 48.5 Å². The highest BCUT2D eigenvalue weighted by atomic mass is 16.5. The van der Waals surface area contributed by atoms with Crippen molar-refractivity contribution in [2.45, 2.75) is 188 Å². The highest BCUT2D eigenvalue weighted by molar-refractivity contribution is 6.09. The van der Waals surface area contributed by atoms with Gasteiger partial charge in [0.2, 0.25) is 0 Å². The highest BCUT2D eigenvalue weighted by Crippen LogP contribution is 2.26. The fourth-order valence-electron chi connectivity index (χ4n) is 8.89. The molecule has 12 heteroatoms. The van der Waals surface area contributed by atoms with Crippen LogP contribution in [0.15, 0.2) is 71.1 Å². The van der Waals surface area contributed by atoms with Gasteiger partial charge in [0.25, 0.3) is 17.3 Å². The lowest BCUT2D eigenvalue weighted by molar-refractivity contribution is -0.114. The van der Waals surface area contributed by atoms with Gasteiger partial charge < -0.3 is 14.3 Å². The van der Waals surface area contributed by atoms with Crippen molar-refractivity contribution in [3.8, 4) is 11.8 Å². The quantitative estimate of drug-likeness (QED) is 0.0260. The molecule has 69 heavy (non-hydrogen) atoms. The summed E-state index contributed by atoms with van der Waals surface area (Å²) in [5.41, 5.74) is 4.25. The van der Waals surface area contributed by atoms with Crippen LogP contribution < -0.4 is 16.0 Å². The van der Waals surface area contributed by atoms with Crippen LogP contribution in [0, 0.1) is 29.7 Å². The summed E-state index contributed by atoms with van der Waals surface area (Å²) in [6.07, 6.45) is 32.7. The molecule has 374 valence electrons. The van der Waals surface area contributed by atoms with E-state index in [-0.39, 0.29) is 17.0 Å². The van der Waals surface area contributed by atoms with Gasteiger partial charge in [-0.15, -0.1) is 0 Å². The lowest BCUT2D eigenvalue weighted by Crippen LogP contribution is -2.37. The lowest BCUT2D eigenvalue weighted by atomic mass is 9.95. The molecule has 3 aromatic rings. The summed E-state index contributed by atoms with van der Waals surface area (Å²) in [6, 6.07) is 14.1. The highest BCUT2D eigenvalue weighted by Gasteiger charge is 2.35. The first-order valence-electron chi connectivity index (χ1n) is 26.3. The van der Waals surface area contributed by atoms with E-state index in [0.717, 1.165) is 51.4 Å². The first-order valence-corrected chi connectivity index (χ1v) is 26.3. The molecular formula is C57H80N6O6.